The van der Waals surface area contributed by atoms with Crippen LogP contribution in [0.15, 0.2) is 42.6 Å². The van der Waals surface area contributed by atoms with Crippen LogP contribution >= 0.6 is 0 Å². The molecule has 1 amide bonds. The van der Waals surface area contributed by atoms with E-state index in [1.54, 1.807) is 31.2 Å². The summed E-state index contributed by atoms with van der Waals surface area (Å²) in [7, 11) is 1.50. The molecular weight excluding hydrogens is 446 g/mol. The maximum Gasteiger partial charge on any atom is 0.586 e. The molecule has 0 spiro atoms. The van der Waals surface area contributed by atoms with E-state index in [4.69, 9.17) is 4.74 Å². The van der Waals surface area contributed by atoms with E-state index in [-0.39, 0.29) is 23.2 Å². The van der Waals surface area contributed by atoms with Gasteiger partial charge in [0.25, 0.3) is 0 Å². The van der Waals surface area contributed by atoms with Gasteiger partial charge in [0.15, 0.2) is 11.5 Å². The monoisotopic (exact) mass is 464 g/mol. The van der Waals surface area contributed by atoms with Crippen LogP contribution in [0.5, 0.6) is 17.4 Å². The summed E-state index contributed by atoms with van der Waals surface area (Å²) < 4.78 is 40.8. The van der Waals surface area contributed by atoms with Crippen LogP contribution in [-0.4, -0.2) is 29.3 Å². The number of hydrogen-bond donors (Lipinski definition) is 1. The number of rotatable bonds is 5. The van der Waals surface area contributed by atoms with Crippen LogP contribution in [-0.2, 0) is 10.2 Å². The summed E-state index contributed by atoms with van der Waals surface area (Å²) in [6.07, 6.45) is -1.10. The molecule has 0 saturated heterocycles. The number of methoxy groups -OCH3 is 1. The van der Waals surface area contributed by atoms with Crippen molar-refractivity contribution in [3.05, 3.63) is 59.3 Å². The fraction of sp³-hybridized carbons (Fsp3) is 0.250. The van der Waals surface area contributed by atoms with Gasteiger partial charge in [-0.2, -0.15) is 5.26 Å². The zero-order valence-corrected chi connectivity index (χ0v) is 18.2. The van der Waals surface area contributed by atoms with Crippen molar-refractivity contribution < 1.29 is 27.8 Å². The number of halogens is 2. The number of carbonyl (C=O) groups is 1. The third kappa shape index (κ3) is 3.65. The van der Waals surface area contributed by atoms with Gasteiger partial charge in [-0.15, -0.1) is 8.78 Å². The first kappa shape index (κ1) is 21.6. The molecular formula is C24H18F2N4O4. The number of alkyl halides is 2. The quantitative estimate of drug-likeness (QED) is 0.599. The van der Waals surface area contributed by atoms with E-state index in [1.165, 1.54) is 25.4 Å². The van der Waals surface area contributed by atoms with E-state index in [0.717, 1.165) is 0 Å². The van der Waals surface area contributed by atoms with Gasteiger partial charge in [-0.25, -0.2) is 9.97 Å². The van der Waals surface area contributed by atoms with Crippen molar-refractivity contribution in [2.45, 2.75) is 31.5 Å². The number of pyridine rings is 2. The van der Waals surface area contributed by atoms with Crippen molar-refractivity contribution in [2.75, 3.05) is 12.4 Å². The lowest BCUT2D eigenvalue weighted by Gasteiger charge is -2.17. The number of hydrogen-bond acceptors (Lipinski definition) is 7. The highest BCUT2D eigenvalue weighted by molar-refractivity contribution is 6.01. The molecule has 1 aromatic carbocycles. The number of benzene rings is 1. The number of nitrogens with zero attached hydrogens (tertiary/aromatic N) is 3. The van der Waals surface area contributed by atoms with Gasteiger partial charge in [-0.3, -0.25) is 4.79 Å². The largest absolute Gasteiger partial charge is 0.586 e. The Morgan fingerprint density at radius 2 is 1.94 bits per heavy atom. The van der Waals surface area contributed by atoms with Gasteiger partial charge >= 0.3 is 6.29 Å². The maximum atomic E-state index is 13.4. The van der Waals surface area contributed by atoms with Crippen LogP contribution in [0, 0.1) is 18.3 Å². The Morgan fingerprint density at radius 1 is 1.18 bits per heavy atom. The molecule has 34 heavy (non-hydrogen) atoms. The summed E-state index contributed by atoms with van der Waals surface area (Å²) in [6.45, 7) is 1.75. The minimum absolute atomic E-state index is 0.0768. The summed E-state index contributed by atoms with van der Waals surface area (Å²) in [6, 6.07) is 11.5. The molecule has 0 unspecified atom stereocenters. The number of nitrogens with one attached hydrogen (secondary N) is 1. The van der Waals surface area contributed by atoms with Gasteiger partial charge < -0.3 is 19.5 Å². The summed E-state index contributed by atoms with van der Waals surface area (Å²) >= 11 is 0. The number of aromatic nitrogens is 2. The van der Waals surface area contributed by atoms with Crippen molar-refractivity contribution >= 4 is 11.7 Å². The summed E-state index contributed by atoms with van der Waals surface area (Å²) in [5, 5.41) is 12.5. The van der Waals surface area contributed by atoms with Crippen molar-refractivity contribution in [3.8, 4) is 34.7 Å². The predicted molar refractivity (Wildman–Crippen MR) is 116 cm³/mol. The Morgan fingerprint density at radius 3 is 2.59 bits per heavy atom. The smallest absolute Gasteiger partial charge is 0.481 e. The third-order valence-electron chi connectivity index (χ3n) is 5.93. The zero-order chi connectivity index (χ0) is 24.1. The van der Waals surface area contributed by atoms with E-state index < -0.39 is 11.7 Å². The van der Waals surface area contributed by atoms with Gasteiger partial charge in [-0.1, -0.05) is 6.07 Å². The standard InChI is InChI=1S/C24H18F2N4O4/c1-13-9-19(29-21(16(13)11-27)14-3-6-20(32-2)28-12-14)30-22(31)23(7-8-23)15-4-5-17-18(10-15)34-24(25,26)33-17/h3-6,9-10,12H,7-8H2,1-2H3,(H,29,30,31). The molecule has 0 radical (unpaired) electrons. The molecule has 10 heteroatoms. The summed E-state index contributed by atoms with van der Waals surface area (Å²) in [5.41, 5.74) is 1.63. The molecule has 8 nitrogen and oxygen atoms in total. The maximum absolute atomic E-state index is 13.4. The second kappa shape index (κ2) is 7.66. The lowest BCUT2D eigenvalue weighted by Crippen LogP contribution is -2.28. The van der Waals surface area contributed by atoms with Crippen LogP contribution in [0.2, 0.25) is 0 Å². The van der Waals surface area contributed by atoms with Gasteiger partial charge in [0.1, 0.15) is 11.9 Å². The van der Waals surface area contributed by atoms with E-state index in [0.29, 0.717) is 46.7 Å². The van der Waals surface area contributed by atoms with Crippen LogP contribution in [0.3, 0.4) is 0 Å². The number of aryl methyl sites for hydroxylation is 1. The Balaban J connectivity index is 1.44. The van der Waals surface area contributed by atoms with Crippen molar-refractivity contribution in [1.29, 1.82) is 5.26 Å². The first-order valence-corrected chi connectivity index (χ1v) is 10.4. The summed E-state index contributed by atoms with van der Waals surface area (Å²) in [5.74, 6) is 0.176. The van der Waals surface area contributed by atoms with Gasteiger partial charge in [-0.05, 0) is 55.2 Å². The molecule has 1 fully saturated rings. The van der Waals surface area contributed by atoms with Crippen molar-refractivity contribution in [1.82, 2.24) is 9.97 Å². The molecule has 5 rings (SSSR count). The average molecular weight is 464 g/mol. The van der Waals surface area contributed by atoms with Crippen LogP contribution in [0.1, 0.15) is 29.5 Å². The van der Waals surface area contributed by atoms with Crippen LogP contribution < -0.4 is 19.5 Å². The SMILES string of the molecule is COc1ccc(-c2nc(NC(=O)C3(c4ccc5c(c4)OC(F)(F)O5)CC3)cc(C)c2C#N)cn1. The minimum atomic E-state index is -3.73. The Labute approximate surface area is 193 Å². The van der Waals surface area contributed by atoms with E-state index in [1.807, 2.05) is 0 Å². The highest BCUT2D eigenvalue weighted by atomic mass is 19.3. The van der Waals surface area contributed by atoms with Crippen LogP contribution in [0.25, 0.3) is 11.3 Å². The molecule has 1 saturated carbocycles. The second-order valence-corrected chi connectivity index (χ2v) is 8.11. The molecule has 3 heterocycles. The number of amides is 1. The first-order chi connectivity index (χ1) is 16.2. The Hall–Kier alpha value is -4.26. The second-order valence-electron chi connectivity index (χ2n) is 8.11. The fourth-order valence-electron chi connectivity index (χ4n) is 3.98. The van der Waals surface area contributed by atoms with Crippen molar-refractivity contribution in [3.63, 3.8) is 0 Å². The molecule has 1 aliphatic heterocycles. The molecule has 2 aromatic heterocycles. The zero-order valence-electron chi connectivity index (χ0n) is 18.2. The van der Waals surface area contributed by atoms with Gasteiger partial charge in [0, 0.05) is 17.8 Å². The highest BCUT2D eigenvalue weighted by Crippen LogP contribution is 2.52. The third-order valence-corrected chi connectivity index (χ3v) is 5.93. The number of nitriles is 1. The molecule has 1 aliphatic carbocycles. The van der Waals surface area contributed by atoms with Gasteiger partial charge in [0.05, 0.1) is 23.8 Å². The summed E-state index contributed by atoms with van der Waals surface area (Å²) in [4.78, 5) is 21.9. The highest BCUT2D eigenvalue weighted by Gasteiger charge is 2.53. The first-order valence-electron chi connectivity index (χ1n) is 10.4. The van der Waals surface area contributed by atoms with Crippen LogP contribution in [0.4, 0.5) is 14.6 Å². The minimum Gasteiger partial charge on any atom is -0.481 e. The number of carbonyl (C=O) groups excluding carboxylic acids is 1. The number of ether oxygens (including phenoxy) is 3. The molecule has 0 atom stereocenters. The predicted octanol–water partition coefficient (Wildman–Crippen LogP) is 4.32. The normalized spacial score (nSPS) is 16.4. The molecule has 2 aliphatic rings. The van der Waals surface area contributed by atoms with E-state index >= 15 is 0 Å². The lowest BCUT2D eigenvalue weighted by atomic mass is 9.94. The Kier molecular flexibility index (Phi) is 4.86. The number of fused-ring (bicyclic) bond motifs is 1. The lowest BCUT2D eigenvalue weighted by molar-refractivity contribution is -0.286. The fourth-order valence-corrected chi connectivity index (χ4v) is 3.98. The van der Waals surface area contributed by atoms with Crippen molar-refractivity contribution in [2.24, 2.45) is 0 Å². The average Bonchev–Trinajstić information content (AvgIpc) is 3.56. The molecule has 172 valence electrons. The molecule has 1 N–H and O–H groups in total. The Bertz CT molecular complexity index is 1350. The van der Waals surface area contributed by atoms with E-state index in [2.05, 4.69) is 30.8 Å². The topological polar surface area (TPSA) is 106 Å². The van der Waals surface area contributed by atoms with Gasteiger partial charge in [0.2, 0.25) is 11.8 Å². The molecule has 3 aromatic rings. The van der Waals surface area contributed by atoms with E-state index in [9.17, 15) is 18.8 Å². The number of anilines is 1. The molecule has 0 bridgehead atoms.